The van der Waals surface area contributed by atoms with Crippen molar-refractivity contribution in [2.75, 3.05) is 20.3 Å². The fourth-order valence-electron chi connectivity index (χ4n) is 4.22. The van der Waals surface area contributed by atoms with Crippen LogP contribution in [0.15, 0.2) is 42.6 Å². The molecule has 3 heterocycles. The van der Waals surface area contributed by atoms with E-state index in [9.17, 15) is 5.11 Å². The lowest BCUT2D eigenvalue weighted by Gasteiger charge is -2.45. The second kappa shape index (κ2) is 7.78. The van der Waals surface area contributed by atoms with E-state index in [1.807, 2.05) is 67.8 Å². The molecule has 0 radical (unpaired) electrons. The summed E-state index contributed by atoms with van der Waals surface area (Å²) in [6.07, 6.45) is 1.13. The molecule has 0 bridgehead atoms. The Hall–Kier alpha value is -2.41. The maximum absolute atomic E-state index is 11.5. The minimum atomic E-state index is -0.915. The van der Waals surface area contributed by atoms with Crippen molar-refractivity contribution in [2.24, 2.45) is 0 Å². The van der Waals surface area contributed by atoms with Crippen molar-refractivity contribution in [3.8, 4) is 5.75 Å². The van der Waals surface area contributed by atoms with Gasteiger partial charge in [0, 0.05) is 24.6 Å². The molecule has 29 heavy (non-hydrogen) atoms. The van der Waals surface area contributed by atoms with Crippen LogP contribution in [-0.4, -0.2) is 40.9 Å². The number of ether oxygens (including phenoxy) is 3. The van der Waals surface area contributed by atoms with Crippen molar-refractivity contribution >= 4 is 5.65 Å². The number of hydrogen-bond acceptors (Lipinski definition) is 5. The number of methoxy groups -OCH3 is 1. The van der Waals surface area contributed by atoms with Gasteiger partial charge in [0.15, 0.2) is 17.5 Å². The van der Waals surface area contributed by atoms with Crippen LogP contribution in [0.25, 0.3) is 5.65 Å². The molecule has 4 rings (SSSR count). The molecule has 1 aliphatic rings. The van der Waals surface area contributed by atoms with Gasteiger partial charge in [-0.15, -0.1) is 0 Å². The predicted molar refractivity (Wildman–Crippen MR) is 110 cm³/mol. The van der Waals surface area contributed by atoms with Crippen LogP contribution >= 0.6 is 0 Å². The van der Waals surface area contributed by atoms with Crippen molar-refractivity contribution < 1.29 is 19.3 Å². The fraction of sp³-hybridized carbons (Fsp3) is 0.435. The number of aliphatic hydroxyl groups is 1. The zero-order chi connectivity index (χ0) is 20.6. The highest BCUT2D eigenvalue weighted by Crippen LogP contribution is 2.50. The van der Waals surface area contributed by atoms with Gasteiger partial charge in [-0.25, -0.2) is 4.98 Å². The third-order valence-electron chi connectivity index (χ3n) is 5.99. The molecular formula is C23H28N2O4. The third-order valence-corrected chi connectivity index (χ3v) is 5.99. The summed E-state index contributed by atoms with van der Waals surface area (Å²) in [7, 11) is 1.64. The van der Waals surface area contributed by atoms with Crippen molar-refractivity contribution in [3.05, 3.63) is 65.1 Å². The predicted octanol–water partition coefficient (Wildman–Crippen LogP) is 3.71. The third kappa shape index (κ3) is 3.12. The highest BCUT2D eigenvalue weighted by atomic mass is 16.6. The van der Waals surface area contributed by atoms with Gasteiger partial charge in [0.2, 0.25) is 0 Å². The summed E-state index contributed by atoms with van der Waals surface area (Å²) < 4.78 is 20.0. The van der Waals surface area contributed by atoms with E-state index in [1.165, 1.54) is 0 Å². The molecule has 0 saturated heterocycles. The number of aryl methyl sites for hydroxylation is 2. The van der Waals surface area contributed by atoms with Crippen LogP contribution in [0.4, 0.5) is 0 Å². The molecule has 2 aromatic heterocycles. The summed E-state index contributed by atoms with van der Waals surface area (Å²) in [5, 5.41) is 11.5. The highest BCUT2D eigenvalue weighted by molar-refractivity contribution is 5.63. The number of imidazole rings is 1. The quantitative estimate of drug-likeness (QED) is 0.644. The molecule has 1 aromatic carbocycles. The lowest BCUT2D eigenvalue weighted by Crippen LogP contribution is -2.50. The standard InChI is InChI=1S/C23H28N2O4/c1-5-23(28-14-13-27-4)18-11-12-25-16(3)15(2)24-22(25)20(18)29-19(21(23)26)17-9-7-6-8-10-17/h6-12,19,21,26H,5,13-14H2,1-4H3/t19-,21-,23+/m1/s1. The van der Waals surface area contributed by atoms with Gasteiger partial charge in [0.05, 0.1) is 18.9 Å². The van der Waals surface area contributed by atoms with E-state index in [1.54, 1.807) is 7.11 Å². The molecule has 6 heteroatoms. The molecule has 0 spiro atoms. The van der Waals surface area contributed by atoms with Gasteiger partial charge >= 0.3 is 0 Å². The van der Waals surface area contributed by atoms with E-state index in [4.69, 9.17) is 19.2 Å². The summed E-state index contributed by atoms with van der Waals surface area (Å²) in [6.45, 7) is 6.88. The largest absolute Gasteiger partial charge is 0.479 e. The molecule has 154 valence electrons. The average Bonchev–Trinajstić information content (AvgIpc) is 3.04. The lowest BCUT2D eigenvalue weighted by atomic mass is 9.79. The topological polar surface area (TPSA) is 65.2 Å². The van der Waals surface area contributed by atoms with Crippen molar-refractivity contribution in [1.29, 1.82) is 0 Å². The van der Waals surface area contributed by atoms with Gasteiger partial charge in [-0.1, -0.05) is 37.3 Å². The molecule has 0 saturated carbocycles. The first kappa shape index (κ1) is 19.9. The first-order chi connectivity index (χ1) is 14.0. The van der Waals surface area contributed by atoms with Crippen LogP contribution in [0.3, 0.4) is 0 Å². The minimum absolute atomic E-state index is 0.375. The van der Waals surface area contributed by atoms with Crippen molar-refractivity contribution in [3.63, 3.8) is 0 Å². The second-order valence-corrected chi connectivity index (χ2v) is 7.51. The second-order valence-electron chi connectivity index (χ2n) is 7.51. The van der Waals surface area contributed by atoms with E-state index in [-0.39, 0.29) is 0 Å². The van der Waals surface area contributed by atoms with E-state index in [2.05, 4.69) is 0 Å². The number of aromatic nitrogens is 2. The summed E-state index contributed by atoms with van der Waals surface area (Å²) in [6, 6.07) is 11.8. The van der Waals surface area contributed by atoms with E-state index < -0.39 is 17.8 Å². The normalized spacial score (nSPS) is 23.8. The molecular weight excluding hydrogens is 368 g/mol. The number of rotatable bonds is 6. The van der Waals surface area contributed by atoms with Crippen LogP contribution in [0.5, 0.6) is 5.75 Å². The first-order valence-electron chi connectivity index (χ1n) is 10.0. The minimum Gasteiger partial charge on any atom is -0.479 e. The molecule has 1 N–H and O–H groups in total. The Kier molecular flexibility index (Phi) is 5.34. The summed E-state index contributed by atoms with van der Waals surface area (Å²) >= 11 is 0. The van der Waals surface area contributed by atoms with E-state index in [0.717, 1.165) is 28.2 Å². The number of aliphatic hydroxyl groups excluding tert-OH is 1. The molecule has 0 fully saturated rings. The van der Waals surface area contributed by atoms with Crippen LogP contribution in [-0.2, 0) is 15.1 Å². The van der Waals surface area contributed by atoms with Crippen LogP contribution in [0.2, 0.25) is 0 Å². The number of benzene rings is 1. The summed E-state index contributed by atoms with van der Waals surface area (Å²) in [5.74, 6) is 0.669. The Morgan fingerprint density at radius 1 is 1.17 bits per heavy atom. The van der Waals surface area contributed by atoms with Gasteiger partial charge in [-0.2, -0.15) is 0 Å². The zero-order valence-electron chi connectivity index (χ0n) is 17.4. The first-order valence-corrected chi connectivity index (χ1v) is 10.0. The zero-order valence-corrected chi connectivity index (χ0v) is 17.4. The smallest absolute Gasteiger partial charge is 0.180 e. The van der Waals surface area contributed by atoms with Crippen LogP contribution in [0.1, 0.15) is 42.0 Å². The SMILES string of the molecule is CC[C@]1(OCCOC)c2ccn3c(C)c(C)nc3c2O[C@H](c2ccccc2)[C@H]1O. The Labute approximate surface area is 171 Å². The van der Waals surface area contributed by atoms with Gasteiger partial charge in [0.1, 0.15) is 11.7 Å². The lowest BCUT2D eigenvalue weighted by molar-refractivity contribution is -0.182. The Bertz CT molecular complexity index is 1000. The van der Waals surface area contributed by atoms with E-state index in [0.29, 0.717) is 25.4 Å². The number of pyridine rings is 1. The molecule has 1 aliphatic heterocycles. The molecule has 0 unspecified atom stereocenters. The maximum atomic E-state index is 11.5. The highest BCUT2D eigenvalue weighted by Gasteiger charge is 2.51. The van der Waals surface area contributed by atoms with Crippen molar-refractivity contribution in [1.82, 2.24) is 9.38 Å². The van der Waals surface area contributed by atoms with Crippen LogP contribution in [0, 0.1) is 13.8 Å². The van der Waals surface area contributed by atoms with Gasteiger partial charge in [-0.05, 0) is 31.9 Å². The maximum Gasteiger partial charge on any atom is 0.180 e. The average molecular weight is 396 g/mol. The molecule has 0 aliphatic carbocycles. The van der Waals surface area contributed by atoms with Crippen LogP contribution < -0.4 is 4.74 Å². The number of hydrogen-bond donors (Lipinski definition) is 1. The van der Waals surface area contributed by atoms with Gasteiger partial charge in [-0.3, -0.25) is 0 Å². The number of fused-ring (bicyclic) bond motifs is 3. The Morgan fingerprint density at radius 3 is 2.62 bits per heavy atom. The molecule has 3 aromatic rings. The van der Waals surface area contributed by atoms with Gasteiger partial charge in [0.25, 0.3) is 0 Å². The van der Waals surface area contributed by atoms with Gasteiger partial charge < -0.3 is 23.7 Å². The Balaban J connectivity index is 1.92. The van der Waals surface area contributed by atoms with E-state index >= 15 is 0 Å². The number of nitrogens with zero attached hydrogens (tertiary/aromatic N) is 2. The molecule has 6 nitrogen and oxygen atoms in total. The fourth-order valence-corrected chi connectivity index (χ4v) is 4.22. The summed E-state index contributed by atoms with van der Waals surface area (Å²) in [5.41, 5.74) is 3.58. The molecule has 0 amide bonds. The monoisotopic (exact) mass is 396 g/mol. The Morgan fingerprint density at radius 2 is 1.93 bits per heavy atom. The van der Waals surface area contributed by atoms with Crippen molar-refractivity contribution in [2.45, 2.75) is 45.0 Å². The molecule has 3 atom stereocenters. The summed E-state index contributed by atoms with van der Waals surface area (Å²) in [4.78, 5) is 4.75.